The van der Waals surface area contributed by atoms with Crippen LogP contribution in [-0.2, 0) is 17.8 Å². The van der Waals surface area contributed by atoms with Gasteiger partial charge >= 0.3 is 0 Å². The SMILES string of the molecule is C=C(OCC)c1cccc(C/C(C)=C\C=C(/C)c2cc(Br)ccc2OCc2cc(F)ccc2Br)c1. The highest BCUT2D eigenvalue weighted by atomic mass is 79.9. The first kappa shape index (κ1) is 27.0. The Morgan fingerprint density at radius 2 is 1.80 bits per heavy atom. The van der Waals surface area contributed by atoms with Crippen LogP contribution in [-0.4, -0.2) is 6.61 Å². The van der Waals surface area contributed by atoms with Gasteiger partial charge in [-0.05, 0) is 80.8 Å². The number of allylic oxidation sites excluding steroid dienone is 4. The normalized spacial score (nSPS) is 11.9. The highest BCUT2D eigenvalue weighted by Gasteiger charge is 2.09. The lowest BCUT2D eigenvalue weighted by molar-refractivity contribution is 0.299. The van der Waals surface area contributed by atoms with Gasteiger partial charge in [0.15, 0.2) is 0 Å². The van der Waals surface area contributed by atoms with Gasteiger partial charge in [-0.2, -0.15) is 0 Å². The van der Waals surface area contributed by atoms with E-state index in [1.54, 1.807) is 6.07 Å². The molecular formula is C30H29Br2FO2. The average molecular weight is 600 g/mol. The minimum absolute atomic E-state index is 0.262. The zero-order valence-corrected chi connectivity index (χ0v) is 23.4. The quantitative estimate of drug-likeness (QED) is 0.171. The summed E-state index contributed by atoms with van der Waals surface area (Å²) in [5, 5.41) is 0. The van der Waals surface area contributed by atoms with Crippen molar-refractivity contribution in [3.63, 3.8) is 0 Å². The van der Waals surface area contributed by atoms with Crippen LogP contribution in [0, 0.1) is 5.82 Å². The molecule has 3 aromatic rings. The first-order valence-corrected chi connectivity index (χ1v) is 13.0. The lowest BCUT2D eigenvalue weighted by atomic mass is 10.0. The van der Waals surface area contributed by atoms with Gasteiger partial charge in [-0.1, -0.05) is 74.4 Å². The summed E-state index contributed by atoms with van der Waals surface area (Å²) >= 11 is 7.03. The molecule has 3 aromatic carbocycles. The van der Waals surface area contributed by atoms with E-state index in [0.717, 1.165) is 43.4 Å². The van der Waals surface area contributed by atoms with Crippen molar-refractivity contribution in [2.75, 3.05) is 6.61 Å². The van der Waals surface area contributed by atoms with E-state index in [0.29, 0.717) is 12.4 Å². The topological polar surface area (TPSA) is 18.5 Å². The second kappa shape index (κ2) is 12.9. The maximum atomic E-state index is 13.7. The van der Waals surface area contributed by atoms with Crippen LogP contribution in [0.15, 0.2) is 93.9 Å². The smallest absolute Gasteiger partial charge is 0.127 e. The molecule has 0 bridgehead atoms. The van der Waals surface area contributed by atoms with Crippen molar-refractivity contribution in [2.45, 2.75) is 33.8 Å². The second-order valence-corrected chi connectivity index (χ2v) is 10.0. The molecular weight excluding hydrogens is 571 g/mol. The molecule has 0 saturated heterocycles. The Balaban J connectivity index is 1.76. The van der Waals surface area contributed by atoms with Crippen molar-refractivity contribution < 1.29 is 13.9 Å². The van der Waals surface area contributed by atoms with Gasteiger partial charge in [0.05, 0.1) is 6.61 Å². The van der Waals surface area contributed by atoms with E-state index in [4.69, 9.17) is 9.47 Å². The first-order valence-electron chi connectivity index (χ1n) is 11.4. The summed E-state index contributed by atoms with van der Waals surface area (Å²) in [7, 11) is 0. The fourth-order valence-corrected chi connectivity index (χ4v) is 4.32. The largest absolute Gasteiger partial charge is 0.494 e. The molecule has 0 heterocycles. The molecule has 2 nitrogen and oxygen atoms in total. The van der Waals surface area contributed by atoms with Crippen LogP contribution in [0.2, 0.25) is 0 Å². The number of hydrogen-bond donors (Lipinski definition) is 0. The zero-order chi connectivity index (χ0) is 25.4. The fraction of sp³-hybridized carbons (Fsp3) is 0.200. The Morgan fingerprint density at radius 3 is 2.57 bits per heavy atom. The van der Waals surface area contributed by atoms with E-state index in [2.05, 4.69) is 76.6 Å². The highest BCUT2D eigenvalue weighted by molar-refractivity contribution is 9.10. The number of halogens is 3. The lowest BCUT2D eigenvalue weighted by Gasteiger charge is -2.13. The molecule has 5 heteroatoms. The van der Waals surface area contributed by atoms with Crippen LogP contribution < -0.4 is 4.74 Å². The summed E-state index contributed by atoms with van der Waals surface area (Å²) in [5.74, 6) is 1.15. The van der Waals surface area contributed by atoms with E-state index >= 15 is 0 Å². The fourth-order valence-electron chi connectivity index (χ4n) is 3.60. The van der Waals surface area contributed by atoms with Crippen molar-refractivity contribution >= 4 is 43.2 Å². The van der Waals surface area contributed by atoms with Gasteiger partial charge in [-0.3, -0.25) is 0 Å². The van der Waals surface area contributed by atoms with Gasteiger partial charge in [0.25, 0.3) is 0 Å². The van der Waals surface area contributed by atoms with Crippen molar-refractivity contribution in [1.82, 2.24) is 0 Å². The molecule has 0 aliphatic heterocycles. The Morgan fingerprint density at radius 1 is 1.00 bits per heavy atom. The molecule has 0 fully saturated rings. The number of ether oxygens (including phenoxy) is 2. The van der Waals surface area contributed by atoms with Crippen LogP contribution in [0.4, 0.5) is 4.39 Å². The first-order chi connectivity index (χ1) is 16.8. The second-order valence-electron chi connectivity index (χ2n) is 8.26. The van der Waals surface area contributed by atoms with Crippen molar-refractivity contribution in [1.29, 1.82) is 0 Å². The predicted octanol–water partition coefficient (Wildman–Crippen LogP) is 9.53. The van der Waals surface area contributed by atoms with Crippen LogP contribution >= 0.6 is 31.9 Å². The van der Waals surface area contributed by atoms with E-state index in [-0.39, 0.29) is 12.4 Å². The van der Waals surface area contributed by atoms with Gasteiger partial charge in [0.2, 0.25) is 0 Å². The molecule has 35 heavy (non-hydrogen) atoms. The number of hydrogen-bond acceptors (Lipinski definition) is 2. The Kier molecular flexibility index (Phi) is 9.93. The molecule has 0 radical (unpaired) electrons. The van der Waals surface area contributed by atoms with Crippen LogP contribution in [0.3, 0.4) is 0 Å². The highest BCUT2D eigenvalue weighted by Crippen LogP contribution is 2.31. The lowest BCUT2D eigenvalue weighted by Crippen LogP contribution is -1.99. The molecule has 3 rings (SSSR count). The van der Waals surface area contributed by atoms with E-state index in [1.165, 1.54) is 23.3 Å². The average Bonchev–Trinajstić information content (AvgIpc) is 2.84. The Bertz CT molecular complexity index is 1260. The van der Waals surface area contributed by atoms with E-state index < -0.39 is 0 Å². The van der Waals surface area contributed by atoms with Crippen molar-refractivity contribution in [2.24, 2.45) is 0 Å². The summed E-state index contributed by atoms with van der Waals surface area (Å²) in [6.45, 7) is 11.0. The molecule has 0 N–H and O–H groups in total. The maximum absolute atomic E-state index is 13.7. The third kappa shape index (κ3) is 7.94. The van der Waals surface area contributed by atoms with Crippen LogP contribution in [0.5, 0.6) is 5.75 Å². The summed E-state index contributed by atoms with van der Waals surface area (Å²) in [6, 6.07) is 18.8. The third-order valence-corrected chi connectivity index (χ3v) is 6.69. The standard InChI is InChI=1S/C30H29Br2FO2/c1-5-34-22(4)24-8-6-7-23(16-24)15-20(2)9-10-21(3)28-18-26(31)11-14-30(28)35-19-25-17-27(33)12-13-29(25)32/h6-14,16-18H,4-5,15,19H2,1-3H3/b20-9-,21-10+. The van der Waals surface area contributed by atoms with Crippen molar-refractivity contribution in [3.8, 4) is 5.75 Å². The minimum Gasteiger partial charge on any atom is -0.494 e. The van der Waals surface area contributed by atoms with Gasteiger partial charge in [0.1, 0.15) is 23.9 Å². The number of rotatable bonds is 10. The Hall–Kier alpha value is -2.63. The predicted molar refractivity (Wildman–Crippen MR) is 151 cm³/mol. The molecule has 0 atom stereocenters. The summed E-state index contributed by atoms with van der Waals surface area (Å²) < 4.78 is 27.1. The molecule has 0 amide bonds. The zero-order valence-electron chi connectivity index (χ0n) is 20.2. The summed E-state index contributed by atoms with van der Waals surface area (Å²) in [6.07, 6.45) is 5.06. The molecule has 0 aromatic heterocycles. The van der Waals surface area contributed by atoms with Gasteiger partial charge in [0, 0.05) is 25.6 Å². The molecule has 0 aliphatic carbocycles. The third-order valence-electron chi connectivity index (χ3n) is 5.43. The minimum atomic E-state index is -0.285. The number of benzene rings is 3. The van der Waals surface area contributed by atoms with Crippen LogP contribution in [0.25, 0.3) is 11.3 Å². The summed E-state index contributed by atoms with van der Waals surface area (Å²) in [4.78, 5) is 0. The summed E-state index contributed by atoms with van der Waals surface area (Å²) in [5.41, 5.74) is 6.23. The monoisotopic (exact) mass is 598 g/mol. The van der Waals surface area contributed by atoms with Crippen molar-refractivity contribution in [3.05, 3.63) is 122 Å². The maximum Gasteiger partial charge on any atom is 0.127 e. The Labute approximate surface area is 224 Å². The molecule has 0 saturated carbocycles. The van der Waals surface area contributed by atoms with Crippen LogP contribution in [0.1, 0.15) is 43.0 Å². The van der Waals surface area contributed by atoms with E-state index in [1.807, 2.05) is 37.3 Å². The van der Waals surface area contributed by atoms with E-state index in [9.17, 15) is 4.39 Å². The molecule has 182 valence electrons. The molecule has 0 unspecified atom stereocenters. The van der Waals surface area contributed by atoms with Gasteiger partial charge in [-0.15, -0.1) is 0 Å². The molecule has 0 spiro atoms. The molecule has 0 aliphatic rings. The van der Waals surface area contributed by atoms with Gasteiger partial charge in [-0.25, -0.2) is 4.39 Å². The van der Waals surface area contributed by atoms with Gasteiger partial charge < -0.3 is 9.47 Å².